The van der Waals surface area contributed by atoms with Crippen LogP contribution in [0, 0.1) is 0 Å². The van der Waals surface area contributed by atoms with Gasteiger partial charge in [-0.25, -0.2) is 14.8 Å². The second-order valence-corrected chi connectivity index (χ2v) is 7.64. The molecule has 7 nitrogen and oxygen atoms in total. The number of carbonyl (C=O) groups excluding carboxylic acids is 1. The molecule has 2 amide bonds. The van der Waals surface area contributed by atoms with Crippen molar-refractivity contribution in [3.8, 4) is 0 Å². The Morgan fingerprint density at radius 2 is 2.00 bits per heavy atom. The topological polar surface area (TPSA) is 64.6 Å². The highest BCUT2D eigenvalue weighted by Gasteiger charge is 2.46. The summed E-state index contributed by atoms with van der Waals surface area (Å²) >= 11 is 0. The zero-order chi connectivity index (χ0) is 22.0. The summed E-state index contributed by atoms with van der Waals surface area (Å²) in [4.78, 5) is 26.7. The Balaban J connectivity index is 1.70. The van der Waals surface area contributed by atoms with E-state index in [0.29, 0.717) is 37.6 Å². The van der Waals surface area contributed by atoms with Gasteiger partial charge in [-0.2, -0.15) is 13.2 Å². The van der Waals surface area contributed by atoms with E-state index in [1.807, 2.05) is 6.92 Å². The highest BCUT2D eigenvalue weighted by Crippen LogP contribution is 2.38. The number of anilines is 4. The molecule has 4 rings (SSSR count). The smallest absolute Gasteiger partial charge is 0.369 e. The van der Waals surface area contributed by atoms with Gasteiger partial charge in [-0.15, -0.1) is 0 Å². The first-order valence-electron chi connectivity index (χ1n) is 10.5. The Morgan fingerprint density at radius 1 is 1.16 bits per heavy atom. The third-order valence-electron chi connectivity index (χ3n) is 5.70. The highest BCUT2D eigenvalue weighted by molar-refractivity contribution is 6.02. The molecule has 1 fully saturated rings. The van der Waals surface area contributed by atoms with Gasteiger partial charge >= 0.3 is 12.2 Å². The molecule has 1 unspecified atom stereocenters. The lowest BCUT2D eigenvalue weighted by Crippen LogP contribution is -2.42. The molecule has 0 aromatic carbocycles. The van der Waals surface area contributed by atoms with Crippen molar-refractivity contribution in [2.75, 3.05) is 46.2 Å². The van der Waals surface area contributed by atoms with Gasteiger partial charge in [0.15, 0.2) is 5.82 Å². The van der Waals surface area contributed by atoms with Crippen molar-refractivity contribution in [1.82, 2.24) is 9.97 Å². The van der Waals surface area contributed by atoms with Crippen LogP contribution >= 0.6 is 0 Å². The minimum atomic E-state index is -4.32. The molecule has 2 aliphatic heterocycles. The van der Waals surface area contributed by atoms with Gasteiger partial charge in [-0.3, -0.25) is 10.2 Å². The number of nitrogens with zero attached hydrogens (tertiary/aromatic N) is 5. The summed E-state index contributed by atoms with van der Waals surface area (Å²) < 4.78 is 40.5. The van der Waals surface area contributed by atoms with E-state index in [0.717, 1.165) is 12.2 Å². The Bertz CT molecular complexity index is 923. The molecular weight excluding hydrogens is 409 g/mol. The van der Waals surface area contributed by atoms with E-state index >= 15 is 0 Å². The fraction of sp³-hybridized carbons (Fsp3) is 0.476. The number of halogens is 3. The van der Waals surface area contributed by atoms with Crippen molar-refractivity contribution in [2.45, 2.75) is 38.4 Å². The number of rotatable bonds is 3. The zero-order valence-electron chi connectivity index (χ0n) is 17.3. The van der Waals surface area contributed by atoms with Gasteiger partial charge in [0.2, 0.25) is 0 Å². The molecule has 0 saturated carbocycles. The van der Waals surface area contributed by atoms with Crippen LogP contribution in [0.2, 0.25) is 0 Å². The number of alkyl halides is 3. The predicted molar refractivity (Wildman–Crippen MR) is 114 cm³/mol. The van der Waals surface area contributed by atoms with Crippen molar-refractivity contribution < 1.29 is 18.0 Å². The summed E-state index contributed by atoms with van der Waals surface area (Å²) in [6.45, 7) is 4.13. The first-order chi connectivity index (χ1) is 14.9. The van der Waals surface area contributed by atoms with E-state index in [2.05, 4.69) is 20.2 Å². The molecule has 1 atom stereocenters. The van der Waals surface area contributed by atoms with Crippen LogP contribution in [0.1, 0.15) is 26.2 Å². The standard InChI is InChI=1S/C21H25F3N6O/c1-2-28-12-6-14-30(20(31)26-17-8-3-4-11-25-17)19-15(28)9-10-18(27-19)29-13-5-7-16(29)21(22,23)24/h3-4,8-11,16H,2,5-7,12-14H2,1H3,(H,25,26,31). The average Bonchev–Trinajstić information content (AvgIpc) is 3.18. The van der Waals surface area contributed by atoms with Crippen LogP contribution in [-0.2, 0) is 0 Å². The molecule has 1 saturated heterocycles. The van der Waals surface area contributed by atoms with Crippen LogP contribution < -0.4 is 20.0 Å². The van der Waals surface area contributed by atoms with Crippen LogP contribution in [0.5, 0.6) is 0 Å². The number of urea groups is 1. The Hall–Kier alpha value is -3.04. The molecule has 10 heteroatoms. The quantitative estimate of drug-likeness (QED) is 0.782. The van der Waals surface area contributed by atoms with E-state index in [-0.39, 0.29) is 18.8 Å². The zero-order valence-corrected chi connectivity index (χ0v) is 17.3. The number of carbonyl (C=O) groups is 1. The number of hydrogen-bond acceptors (Lipinski definition) is 5. The SMILES string of the molecule is CCN1CCCN(C(=O)Nc2ccccn2)c2nc(N3CCCC3C(F)(F)F)ccc21. The Morgan fingerprint density at radius 3 is 2.71 bits per heavy atom. The number of aromatic nitrogens is 2. The monoisotopic (exact) mass is 434 g/mol. The fourth-order valence-electron chi connectivity index (χ4n) is 4.20. The van der Waals surface area contributed by atoms with Gasteiger partial charge in [-0.1, -0.05) is 6.07 Å². The summed E-state index contributed by atoms with van der Waals surface area (Å²) in [6, 6.07) is 6.64. The van der Waals surface area contributed by atoms with Crippen molar-refractivity contribution >= 4 is 29.2 Å². The first kappa shape index (κ1) is 21.2. The molecule has 2 aromatic rings. The maximum Gasteiger partial charge on any atom is 0.408 e. The number of hydrogen-bond donors (Lipinski definition) is 1. The van der Waals surface area contributed by atoms with E-state index in [9.17, 15) is 18.0 Å². The van der Waals surface area contributed by atoms with Crippen LogP contribution in [0.25, 0.3) is 0 Å². The third-order valence-corrected chi connectivity index (χ3v) is 5.70. The van der Waals surface area contributed by atoms with Crippen molar-refractivity contribution in [3.63, 3.8) is 0 Å². The van der Waals surface area contributed by atoms with E-state index in [1.54, 1.807) is 36.5 Å². The third kappa shape index (κ3) is 4.38. The van der Waals surface area contributed by atoms with E-state index < -0.39 is 18.2 Å². The molecule has 0 radical (unpaired) electrons. The summed E-state index contributed by atoms with van der Waals surface area (Å²) in [5.41, 5.74) is 0.739. The normalized spacial score (nSPS) is 19.2. The summed E-state index contributed by atoms with van der Waals surface area (Å²) in [5, 5.41) is 2.76. The van der Waals surface area contributed by atoms with Crippen LogP contribution in [0.4, 0.5) is 41.1 Å². The lowest BCUT2D eigenvalue weighted by atomic mass is 10.2. The van der Waals surface area contributed by atoms with Crippen LogP contribution in [0.15, 0.2) is 36.5 Å². The molecule has 0 bridgehead atoms. The van der Waals surface area contributed by atoms with E-state index in [1.165, 1.54) is 9.80 Å². The van der Waals surface area contributed by atoms with Crippen molar-refractivity contribution in [2.24, 2.45) is 0 Å². The molecule has 0 aliphatic carbocycles. The van der Waals surface area contributed by atoms with Crippen LogP contribution in [-0.4, -0.2) is 54.4 Å². The van der Waals surface area contributed by atoms with Gasteiger partial charge in [0, 0.05) is 32.4 Å². The second kappa shape index (κ2) is 8.60. The summed E-state index contributed by atoms with van der Waals surface area (Å²) in [5.74, 6) is 1.02. The number of amides is 2. The molecule has 2 aromatic heterocycles. The van der Waals surface area contributed by atoms with Gasteiger partial charge in [0.25, 0.3) is 0 Å². The molecule has 166 valence electrons. The highest BCUT2D eigenvalue weighted by atomic mass is 19.4. The maximum atomic E-state index is 13.5. The number of fused-ring (bicyclic) bond motifs is 1. The molecular formula is C21H25F3N6O. The molecule has 1 N–H and O–H groups in total. The van der Waals surface area contributed by atoms with Gasteiger partial charge in [0.1, 0.15) is 17.7 Å². The first-order valence-corrected chi connectivity index (χ1v) is 10.5. The lowest BCUT2D eigenvalue weighted by molar-refractivity contribution is -0.146. The fourth-order valence-corrected chi connectivity index (χ4v) is 4.20. The average molecular weight is 434 g/mol. The van der Waals surface area contributed by atoms with Gasteiger partial charge in [0.05, 0.1) is 5.69 Å². The maximum absolute atomic E-state index is 13.5. The minimum absolute atomic E-state index is 0.0488. The lowest BCUT2D eigenvalue weighted by Gasteiger charge is -2.30. The number of nitrogens with one attached hydrogen (secondary N) is 1. The van der Waals surface area contributed by atoms with Crippen LogP contribution in [0.3, 0.4) is 0 Å². The summed E-state index contributed by atoms with van der Waals surface area (Å²) in [7, 11) is 0. The van der Waals surface area contributed by atoms with Gasteiger partial charge in [-0.05, 0) is 50.5 Å². The number of pyridine rings is 2. The Kier molecular flexibility index (Phi) is 5.88. The molecule has 4 heterocycles. The second-order valence-electron chi connectivity index (χ2n) is 7.64. The molecule has 2 aliphatic rings. The summed E-state index contributed by atoms with van der Waals surface area (Å²) in [6.07, 6.45) is -1.53. The van der Waals surface area contributed by atoms with Gasteiger partial charge < -0.3 is 9.80 Å². The van der Waals surface area contributed by atoms with Crippen molar-refractivity contribution in [3.05, 3.63) is 36.5 Å². The van der Waals surface area contributed by atoms with E-state index in [4.69, 9.17) is 0 Å². The predicted octanol–water partition coefficient (Wildman–Crippen LogP) is 4.28. The molecule has 0 spiro atoms. The largest absolute Gasteiger partial charge is 0.408 e. The Labute approximate surface area is 178 Å². The minimum Gasteiger partial charge on any atom is -0.369 e. The molecule has 31 heavy (non-hydrogen) atoms. The van der Waals surface area contributed by atoms with Crippen molar-refractivity contribution in [1.29, 1.82) is 0 Å².